The smallest absolute Gasteiger partial charge is 0.191 e. The lowest BCUT2D eigenvalue weighted by Crippen LogP contribution is -2.01. The molecule has 0 fully saturated rings. The minimum atomic E-state index is 0.772. The van der Waals surface area contributed by atoms with E-state index in [0.717, 1.165) is 44.6 Å². The fourth-order valence-corrected chi connectivity index (χ4v) is 4.09. The number of benzene rings is 2. The third-order valence-electron chi connectivity index (χ3n) is 4.02. The maximum Gasteiger partial charge on any atom is 0.191 e. The molecule has 0 saturated carbocycles. The molecular weight excluding hydrogens is 398 g/mol. The van der Waals surface area contributed by atoms with Crippen molar-refractivity contribution in [1.29, 1.82) is 0 Å². The van der Waals surface area contributed by atoms with Gasteiger partial charge < -0.3 is 9.30 Å². The summed E-state index contributed by atoms with van der Waals surface area (Å²) < 4.78 is 8.67. The summed E-state index contributed by atoms with van der Waals surface area (Å²) in [6, 6.07) is 14.3. The minimum absolute atomic E-state index is 0.772. The van der Waals surface area contributed by atoms with Gasteiger partial charge in [0, 0.05) is 27.9 Å². The van der Waals surface area contributed by atoms with E-state index in [-0.39, 0.29) is 0 Å². The first-order valence-electron chi connectivity index (χ1n) is 8.08. The van der Waals surface area contributed by atoms with Gasteiger partial charge in [0.15, 0.2) is 11.0 Å². The van der Waals surface area contributed by atoms with Crippen LogP contribution < -0.4 is 4.74 Å². The van der Waals surface area contributed by atoms with E-state index in [9.17, 15) is 0 Å². The van der Waals surface area contributed by atoms with Crippen molar-refractivity contribution in [1.82, 2.24) is 14.8 Å². The van der Waals surface area contributed by atoms with Gasteiger partial charge in [0.25, 0.3) is 0 Å². The summed E-state index contributed by atoms with van der Waals surface area (Å²) in [7, 11) is 1.70. The van der Waals surface area contributed by atoms with Gasteiger partial charge in [0.05, 0.1) is 7.11 Å². The lowest BCUT2D eigenvalue weighted by Gasteiger charge is -2.11. The second-order valence-corrected chi connectivity index (χ2v) is 7.47. The molecule has 130 valence electrons. The van der Waals surface area contributed by atoms with Crippen LogP contribution in [-0.2, 0) is 12.3 Å². The molecule has 0 aliphatic carbocycles. The van der Waals surface area contributed by atoms with Gasteiger partial charge in [-0.05, 0) is 37.6 Å². The van der Waals surface area contributed by atoms with Gasteiger partial charge in [-0.15, -0.1) is 10.2 Å². The first-order chi connectivity index (χ1) is 12.1. The molecule has 0 unspecified atom stereocenters. The van der Waals surface area contributed by atoms with E-state index in [0.29, 0.717) is 0 Å². The van der Waals surface area contributed by atoms with E-state index in [1.54, 1.807) is 18.9 Å². The van der Waals surface area contributed by atoms with Crippen molar-refractivity contribution >= 4 is 27.7 Å². The van der Waals surface area contributed by atoms with Crippen molar-refractivity contribution in [2.24, 2.45) is 0 Å². The molecule has 25 heavy (non-hydrogen) atoms. The second-order valence-electron chi connectivity index (χ2n) is 5.61. The number of aromatic nitrogens is 3. The molecule has 6 heteroatoms. The van der Waals surface area contributed by atoms with E-state index in [2.05, 4.69) is 62.7 Å². The van der Waals surface area contributed by atoms with Crippen LogP contribution in [0, 0.1) is 6.92 Å². The summed E-state index contributed by atoms with van der Waals surface area (Å²) in [6.07, 6.45) is 0. The van der Waals surface area contributed by atoms with Crippen LogP contribution in [0.25, 0.3) is 11.4 Å². The molecule has 0 spiro atoms. The Morgan fingerprint density at radius 1 is 1.16 bits per heavy atom. The minimum Gasteiger partial charge on any atom is -0.496 e. The van der Waals surface area contributed by atoms with Crippen molar-refractivity contribution in [2.45, 2.75) is 31.3 Å². The number of hydrogen-bond acceptors (Lipinski definition) is 4. The maximum absolute atomic E-state index is 5.46. The molecule has 3 aromatic rings. The monoisotopic (exact) mass is 417 g/mol. The predicted octanol–water partition coefficient (Wildman–Crippen LogP) is 5.34. The highest BCUT2D eigenvalue weighted by atomic mass is 79.9. The lowest BCUT2D eigenvalue weighted by molar-refractivity contribution is 0.411. The first kappa shape index (κ1) is 18.0. The van der Waals surface area contributed by atoms with Crippen molar-refractivity contribution in [3.63, 3.8) is 0 Å². The molecule has 1 heterocycles. The molecule has 1 aromatic heterocycles. The Kier molecular flexibility index (Phi) is 5.81. The Bertz CT molecular complexity index is 879. The fraction of sp³-hybridized carbons (Fsp3) is 0.263. The van der Waals surface area contributed by atoms with E-state index < -0.39 is 0 Å². The highest BCUT2D eigenvalue weighted by molar-refractivity contribution is 9.10. The molecule has 2 aromatic carbocycles. The Hall–Kier alpha value is -1.79. The number of methoxy groups -OCH3 is 1. The molecule has 0 N–H and O–H groups in total. The second kappa shape index (κ2) is 8.06. The van der Waals surface area contributed by atoms with E-state index in [4.69, 9.17) is 4.74 Å². The number of aryl methyl sites for hydroxylation is 1. The molecular formula is C19H20BrN3OS. The van der Waals surface area contributed by atoms with Gasteiger partial charge in [-0.1, -0.05) is 52.0 Å². The largest absolute Gasteiger partial charge is 0.496 e. The van der Waals surface area contributed by atoms with Crippen LogP contribution in [0.3, 0.4) is 0 Å². The van der Waals surface area contributed by atoms with Crippen LogP contribution in [-0.4, -0.2) is 21.9 Å². The SMILES string of the molecule is CCn1c(SCc2cc(Br)ccc2OC)nnc1-c1ccccc1C. The van der Waals surface area contributed by atoms with Crippen LogP contribution in [0.2, 0.25) is 0 Å². The van der Waals surface area contributed by atoms with Crippen molar-refractivity contribution in [3.8, 4) is 17.1 Å². The van der Waals surface area contributed by atoms with Crippen LogP contribution in [0.1, 0.15) is 18.1 Å². The third kappa shape index (κ3) is 3.90. The summed E-state index contributed by atoms with van der Waals surface area (Å²) in [6.45, 7) is 5.05. The van der Waals surface area contributed by atoms with E-state index >= 15 is 0 Å². The van der Waals surface area contributed by atoms with Gasteiger partial charge in [-0.25, -0.2) is 0 Å². The summed E-state index contributed by atoms with van der Waals surface area (Å²) >= 11 is 5.20. The first-order valence-corrected chi connectivity index (χ1v) is 9.86. The average Bonchev–Trinajstić information content (AvgIpc) is 3.03. The van der Waals surface area contributed by atoms with Gasteiger partial charge in [0.2, 0.25) is 0 Å². The summed E-state index contributed by atoms with van der Waals surface area (Å²) in [5.41, 5.74) is 3.46. The quantitative estimate of drug-likeness (QED) is 0.507. The van der Waals surface area contributed by atoms with Crippen LogP contribution >= 0.6 is 27.7 Å². The Morgan fingerprint density at radius 3 is 2.68 bits per heavy atom. The predicted molar refractivity (Wildman–Crippen MR) is 106 cm³/mol. The average molecular weight is 418 g/mol. The van der Waals surface area contributed by atoms with E-state index in [1.165, 1.54) is 5.56 Å². The number of halogens is 1. The van der Waals surface area contributed by atoms with Crippen LogP contribution in [0.4, 0.5) is 0 Å². The fourth-order valence-electron chi connectivity index (χ4n) is 2.71. The molecule has 0 amide bonds. The molecule has 0 saturated heterocycles. The Balaban J connectivity index is 1.87. The zero-order chi connectivity index (χ0) is 17.8. The van der Waals surface area contributed by atoms with Crippen LogP contribution in [0.5, 0.6) is 5.75 Å². The Labute approximate surface area is 160 Å². The highest BCUT2D eigenvalue weighted by Gasteiger charge is 2.15. The zero-order valence-electron chi connectivity index (χ0n) is 14.5. The maximum atomic E-state index is 5.46. The molecule has 0 radical (unpaired) electrons. The van der Waals surface area contributed by atoms with Gasteiger partial charge >= 0.3 is 0 Å². The van der Waals surface area contributed by atoms with Crippen molar-refractivity contribution in [2.75, 3.05) is 7.11 Å². The standard InChI is InChI=1S/C19H20BrN3OS/c1-4-23-18(16-8-6-5-7-13(16)2)21-22-19(23)25-12-14-11-15(20)9-10-17(14)24-3/h5-11H,4,12H2,1-3H3. The van der Waals surface area contributed by atoms with Gasteiger partial charge in [0.1, 0.15) is 5.75 Å². The molecule has 3 rings (SSSR count). The van der Waals surface area contributed by atoms with Crippen molar-refractivity contribution < 1.29 is 4.74 Å². The summed E-state index contributed by atoms with van der Waals surface area (Å²) in [4.78, 5) is 0. The highest BCUT2D eigenvalue weighted by Crippen LogP contribution is 2.31. The number of hydrogen-bond donors (Lipinski definition) is 0. The number of thioether (sulfide) groups is 1. The molecule has 0 aliphatic rings. The number of nitrogens with zero attached hydrogens (tertiary/aromatic N) is 3. The van der Waals surface area contributed by atoms with Crippen LogP contribution in [0.15, 0.2) is 52.1 Å². The molecule has 0 atom stereocenters. The van der Waals surface area contributed by atoms with Gasteiger partial charge in [-0.2, -0.15) is 0 Å². The van der Waals surface area contributed by atoms with E-state index in [1.807, 2.05) is 24.3 Å². The lowest BCUT2D eigenvalue weighted by atomic mass is 10.1. The number of ether oxygens (including phenoxy) is 1. The molecule has 0 bridgehead atoms. The Morgan fingerprint density at radius 2 is 1.96 bits per heavy atom. The van der Waals surface area contributed by atoms with Gasteiger partial charge in [-0.3, -0.25) is 0 Å². The van der Waals surface area contributed by atoms with Crippen molar-refractivity contribution in [3.05, 3.63) is 58.1 Å². The third-order valence-corrected chi connectivity index (χ3v) is 5.53. The summed E-state index contributed by atoms with van der Waals surface area (Å²) in [5.74, 6) is 2.58. The summed E-state index contributed by atoms with van der Waals surface area (Å²) in [5, 5.41) is 9.78. The topological polar surface area (TPSA) is 39.9 Å². The number of rotatable bonds is 6. The molecule has 0 aliphatic heterocycles. The zero-order valence-corrected chi connectivity index (χ0v) is 16.9. The normalized spacial score (nSPS) is 10.9. The molecule has 4 nitrogen and oxygen atoms in total.